The minimum absolute atomic E-state index is 0.0357. The van der Waals surface area contributed by atoms with Crippen molar-refractivity contribution in [2.75, 3.05) is 31.5 Å². The van der Waals surface area contributed by atoms with Gasteiger partial charge >= 0.3 is 5.97 Å². The number of hydrogen-bond donors (Lipinski definition) is 1. The number of hydrogen-bond acceptors (Lipinski definition) is 6. The topological polar surface area (TPSA) is 98.5 Å². The molecule has 0 unspecified atom stereocenters. The SMILES string of the molecule is O=C(C[N+]12CCC(CC1)[C@@H](OC(=O)[C@H](Nc1ccccc1)c1ccccc1)C2)c1ccc([N+](=O)[O-])cc1. The highest BCUT2D eigenvalue weighted by molar-refractivity contribution is 5.97. The van der Waals surface area contributed by atoms with E-state index in [1.165, 1.54) is 24.3 Å². The van der Waals surface area contributed by atoms with E-state index in [1.54, 1.807) is 0 Å². The minimum atomic E-state index is -0.644. The number of quaternary nitrogens is 1. The number of benzene rings is 3. The number of non-ortho nitro benzene ring substituents is 1. The normalized spacial score (nSPS) is 23.1. The van der Waals surface area contributed by atoms with Crippen molar-refractivity contribution in [2.24, 2.45) is 5.92 Å². The van der Waals surface area contributed by atoms with Gasteiger partial charge < -0.3 is 14.5 Å². The van der Waals surface area contributed by atoms with Crippen LogP contribution in [-0.2, 0) is 9.53 Å². The molecule has 0 radical (unpaired) electrons. The Kier molecular flexibility index (Phi) is 7.01. The first kappa shape index (κ1) is 24.6. The zero-order valence-electron chi connectivity index (χ0n) is 20.5. The standard InChI is InChI=1S/C29H30N3O5/c33-26(21-11-13-25(14-12-21)31(35)36)19-32-17-15-22(16-18-32)27(20-32)37-29(34)28(23-7-3-1-4-8-23)30-24-9-5-2-6-10-24/h1-14,22,27-28,30H,15-20H2/q+1/t22?,27-,28+,32?/m0/s1. The monoisotopic (exact) mass is 500 g/mol. The summed E-state index contributed by atoms with van der Waals surface area (Å²) in [5, 5.41) is 14.3. The summed E-state index contributed by atoms with van der Waals surface area (Å²) in [5.74, 6) is -0.0894. The molecule has 3 aromatic rings. The zero-order chi connectivity index (χ0) is 25.8. The largest absolute Gasteiger partial charge is 0.454 e. The van der Waals surface area contributed by atoms with Crippen LogP contribution in [0.5, 0.6) is 0 Å². The predicted octanol–water partition coefficient (Wildman–Crippen LogP) is 4.78. The molecule has 3 saturated heterocycles. The van der Waals surface area contributed by atoms with Crippen LogP contribution in [0, 0.1) is 16.0 Å². The number of carbonyl (C=O) groups excluding carboxylic acids is 2. The van der Waals surface area contributed by atoms with Crippen LogP contribution < -0.4 is 5.32 Å². The molecule has 3 aromatic carbocycles. The maximum atomic E-state index is 13.5. The van der Waals surface area contributed by atoms with E-state index in [1.807, 2.05) is 60.7 Å². The van der Waals surface area contributed by atoms with E-state index >= 15 is 0 Å². The maximum Gasteiger partial charge on any atom is 0.333 e. The van der Waals surface area contributed by atoms with Crippen LogP contribution >= 0.6 is 0 Å². The van der Waals surface area contributed by atoms with Gasteiger partial charge in [0.15, 0.2) is 12.1 Å². The Morgan fingerprint density at radius 2 is 1.57 bits per heavy atom. The molecule has 0 aromatic heterocycles. The van der Waals surface area contributed by atoms with Gasteiger partial charge in [0.25, 0.3) is 5.69 Å². The fraction of sp³-hybridized carbons (Fsp3) is 0.310. The zero-order valence-corrected chi connectivity index (χ0v) is 20.5. The molecule has 190 valence electrons. The third kappa shape index (κ3) is 5.54. The van der Waals surface area contributed by atoms with Crippen molar-refractivity contribution in [3.8, 4) is 0 Å². The van der Waals surface area contributed by atoms with E-state index in [4.69, 9.17) is 4.74 Å². The molecule has 0 amide bonds. The fourth-order valence-corrected chi connectivity index (χ4v) is 5.58. The van der Waals surface area contributed by atoms with Gasteiger partial charge in [0.05, 0.1) is 18.0 Å². The smallest absolute Gasteiger partial charge is 0.333 e. The molecule has 3 aliphatic heterocycles. The van der Waals surface area contributed by atoms with Crippen molar-refractivity contribution < 1.29 is 23.7 Å². The Bertz CT molecular complexity index is 1260. The summed E-state index contributed by atoms with van der Waals surface area (Å²) < 4.78 is 6.74. The third-order valence-corrected chi connectivity index (χ3v) is 7.64. The molecule has 8 heteroatoms. The van der Waals surface area contributed by atoms with Gasteiger partial charge in [-0.1, -0.05) is 48.5 Å². The number of nitro benzene ring substituents is 1. The van der Waals surface area contributed by atoms with E-state index in [0.717, 1.165) is 37.2 Å². The first-order chi connectivity index (χ1) is 17.9. The molecule has 1 N–H and O–H groups in total. The molecule has 6 rings (SSSR count). The number of nitro groups is 1. The number of nitrogens with zero attached hydrogens (tertiary/aromatic N) is 2. The lowest BCUT2D eigenvalue weighted by Crippen LogP contribution is -2.65. The summed E-state index contributed by atoms with van der Waals surface area (Å²) in [7, 11) is 0. The second-order valence-corrected chi connectivity index (χ2v) is 10.0. The molecular weight excluding hydrogens is 470 g/mol. The number of carbonyl (C=O) groups is 2. The molecule has 2 atom stereocenters. The van der Waals surface area contributed by atoms with Crippen molar-refractivity contribution in [2.45, 2.75) is 25.0 Å². The molecular formula is C29H30N3O5+. The van der Waals surface area contributed by atoms with Gasteiger partial charge in [0.1, 0.15) is 13.1 Å². The molecule has 3 heterocycles. The van der Waals surface area contributed by atoms with Crippen molar-refractivity contribution >= 4 is 23.1 Å². The number of nitrogens with one attached hydrogen (secondary N) is 1. The number of ketones is 1. The predicted molar refractivity (Wildman–Crippen MR) is 139 cm³/mol. The Hall–Kier alpha value is -4.04. The van der Waals surface area contributed by atoms with Crippen molar-refractivity contribution in [3.05, 3.63) is 106 Å². The summed E-state index contributed by atoms with van der Waals surface area (Å²) in [6.07, 6.45) is 1.53. The third-order valence-electron chi connectivity index (χ3n) is 7.64. The van der Waals surface area contributed by atoms with E-state index in [2.05, 4.69) is 5.32 Å². The fourth-order valence-electron chi connectivity index (χ4n) is 5.58. The number of rotatable bonds is 9. The number of Topliss-reactive ketones (excluding diaryl/α,β-unsaturated/α-hetero) is 1. The van der Waals surface area contributed by atoms with Gasteiger partial charge in [0.2, 0.25) is 5.78 Å². The summed E-state index contributed by atoms with van der Waals surface area (Å²) in [5.41, 5.74) is 2.09. The van der Waals surface area contributed by atoms with Crippen LogP contribution in [0.3, 0.4) is 0 Å². The molecule has 2 bridgehead atoms. The highest BCUT2D eigenvalue weighted by Gasteiger charge is 2.49. The lowest BCUT2D eigenvalue weighted by molar-refractivity contribution is -0.938. The van der Waals surface area contributed by atoms with Gasteiger partial charge in [-0.2, -0.15) is 0 Å². The van der Waals surface area contributed by atoms with Crippen LogP contribution in [0.25, 0.3) is 0 Å². The number of esters is 1. The Morgan fingerprint density at radius 3 is 2.19 bits per heavy atom. The van der Waals surface area contributed by atoms with Gasteiger partial charge in [-0.05, 0) is 29.8 Å². The Balaban J connectivity index is 1.29. The summed E-state index contributed by atoms with van der Waals surface area (Å²) in [6.45, 7) is 2.62. The van der Waals surface area contributed by atoms with E-state index in [9.17, 15) is 19.7 Å². The molecule has 37 heavy (non-hydrogen) atoms. The number of anilines is 1. The molecule has 8 nitrogen and oxygen atoms in total. The van der Waals surface area contributed by atoms with Gasteiger partial charge in [-0.25, -0.2) is 4.79 Å². The average molecular weight is 501 g/mol. The van der Waals surface area contributed by atoms with Crippen LogP contribution in [0.1, 0.15) is 34.8 Å². The number of ether oxygens (including phenoxy) is 1. The Morgan fingerprint density at radius 1 is 0.946 bits per heavy atom. The van der Waals surface area contributed by atoms with Crippen molar-refractivity contribution in [3.63, 3.8) is 0 Å². The van der Waals surface area contributed by atoms with Gasteiger partial charge in [0, 0.05) is 42.1 Å². The second kappa shape index (κ2) is 10.5. The summed E-state index contributed by atoms with van der Waals surface area (Å²) in [6, 6.07) is 24.3. The first-order valence-electron chi connectivity index (χ1n) is 12.6. The van der Waals surface area contributed by atoms with Gasteiger partial charge in [-0.15, -0.1) is 0 Å². The van der Waals surface area contributed by atoms with Crippen molar-refractivity contribution in [1.29, 1.82) is 0 Å². The quantitative estimate of drug-likeness (QED) is 0.149. The van der Waals surface area contributed by atoms with Crippen LogP contribution in [0.2, 0.25) is 0 Å². The van der Waals surface area contributed by atoms with E-state index in [-0.39, 0.29) is 29.5 Å². The number of fused-ring (bicyclic) bond motifs is 3. The number of para-hydroxylation sites is 1. The average Bonchev–Trinajstić information content (AvgIpc) is 2.93. The van der Waals surface area contributed by atoms with Crippen molar-refractivity contribution in [1.82, 2.24) is 0 Å². The van der Waals surface area contributed by atoms with Crippen LogP contribution in [0.15, 0.2) is 84.9 Å². The first-order valence-corrected chi connectivity index (χ1v) is 12.6. The van der Waals surface area contributed by atoms with E-state index in [0.29, 0.717) is 23.1 Å². The number of piperidine rings is 3. The molecule has 0 spiro atoms. The summed E-state index contributed by atoms with van der Waals surface area (Å²) >= 11 is 0. The van der Waals surface area contributed by atoms with Crippen LogP contribution in [-0.4, -0.2) is 53.4 Å². The highest BCUT2D eigenvalue weighted by Crippen LogP contribution is 2.37. The van der Waals surface area contributed by atoms with Gasteiger partial charge in [-0.3, -0.25) is 14.9 Å². The summed E-state index contributed by atoms with van der Waals surface area (Å²) in [4.78, 5) is 37.1. The molecule has 3 fully saturated rings. The van der Waals surface area contributed by atoms with Crippen LogP contribution in [0.4, 0.5) is 11.4 Å². The second-order valence-electron chi connectivity index (χ2n) is 10.0. The molecule has 3 aliphatic rings. The molecule has 0 aliphatic carbocycles. The van der Waals surface area contributed by atoms with E-state index < -0.39 is 11.0 Å². The Labute approximate surface area is 215 Å². The maximum absolute atomic E-state index is 13.5. The molecule has 0 saturated carbocycles. The minimum Gasteiger partial charge on any atom is -0.454 e. The highest BCUT2D eigenvalue weighted by atomic mass is 16.6. The lowest BCUT2D eigenvalue weighted by atomic mass is 9.82. The lowest BCUT2D eigenvalue weighted by Gasteiger charge is -2.51.